The summed E-state index contributed by atoms with van der Waals surface area (Å²) in [7, 11) is 0. The molecule has 18 heavy (non-hydrogen) atoms. The second-order valence-corrected chi connectivity index (χ2v) is 5.85. The topological polar surface area (TPSA) is 75.4 Å². The van der Waals surface area contributed by atoms with Crippen molar-refractivity contribution < 1.29 is 9.90 Å². The normalized spacial score (nSPS) is 37.2. The van der Waals surface area contributed by atoms with Gasteiger partial charge in [0.1, 0.15) is 0 Å². The van der Waals surface area contributed by atoms with Gasteiger partial charge in [0.15, 0.2) is 0 Å². The number of hydrogen-bond donors (Lipinski definition) is 3. The molecular weight excluding hydrogens is 228 g/mol. The van der Waals surface area contributed by atoms with Crippen LogP contribution in [0, 0.1) is 11.8 Å². The van der Waals surface area contributed by atoms with Crippen LogP contribution in [0.3, 0.4) is 0 Å². The predicted molar refractivity (Wildman–Crippen MR) is 70.9 cm³/mol. The molecule has 0 aromatic heterocycles. The number of carbonyl (C=O) groups excluding carboxylic acids is 1. The Morgan fingerprint density at radius 1 is 1.11 bits per heavy atom. The van der Waals surface area contributed by atoms with Gasteiger partial charge >= 0.3 is 0 Å². The van der Waals surface area contributed by atoms with Gasteiger partial charge in [-0.15, -0.1) is 0 Å². The third kappa shape index (κ3) is 3.23. The van der Waals surface area contributed by atoms with Crippen molar-refractivity contribution in [1.82, 2.24) is 5.32 Å². The van der Waals surface area contributed by atoms with E-state index in [1.165, 1.54) is 6.42 Å². The molecule has 2 fully saturated rings. The number of carbonyl (C=O) groups is 1. The van der Waals surface area contributed by atoms with Crippen molar-refractivity contribution in [2.75, 3.05) is 6.54 Å². The number of nitrogens with one attached hydrogen (secondary N) is 1. The fraction of sp³-hybridized carbons (Fsp3) is 0.929. The van der Waals surface area contributed by atoms with E-state index in [9.17, 15) is 9.90 Å². The summed E-state index contributed by atoms with van der Waals surface area (Å²) in [4.78, 5) is 12.3. The maximum absolute atomic E-state index is 12.3. The SMILES string of the molecule is NCC1CCCCC1C(=O)N[C@@H]1CCCC[C@H]1O. The van der Waals surface area contributed by atoms with E-state index in [1.807, 2.05) is 0 Å². The maximum atomic E-state index is 12.3. The molecule has 1 amide bonds. The predicted octanol–water partition coefficient (Wildman–Crippen LogP) is 1.17. The molecule has 4 heteroatoms. The van der Waals surface area contributed by atoms with Crippen LogP contribution in [-0.4, -0.2) is 29.7 Å². The summed E-state index contributed by atoms with van der Waals surface area (Å²) in [5.74, 6) is 0.522. The second kappa shape index (κ2) is 6.53. The first-order valence-corrected chi connectivity index (χ1v) is 7.41. The monoisotopic (exact) mass is 254 g/mol. The maximum Gasteiger partial charge on any atom is 0.223 e. The molecule has 2 rings (SSSR count). The lowest BCUT2D eigenvalue weighted by molar-refractivity contribution is -0.129. The molecule has 2 unspecified atom stereocenters. The summed E-state index contributed by atoms with van der Waals surface area (Å²) in [5.41, 5.74) is 5.76. The third-order valence-electron chi connectivity index (χ3n) is 4.61. The van der Waals surface area contributed by atoms with Crippen LogP contribution < -0.4 is 11.1 Å². The minimum Gasteiger partial charge on any atom is -0.391 e. The molecule has 4 nitrogen and oxygen atoms in total. The van der Waals surface area contributed by atoms with E-state index < -0.39 is 0 Å². The van der Waals surface area contributed by atoms with Crippen molar-refractivity contribution in [2.45, 2.75) is 63.5 Å². The van der Waals surface area contributed by atoms with E-state index in [0.29, 0.717) is 12.5 Å². The second-order valence-electron chi connectivity index (χ2n) is 5.85. The Hall–Kier alpha value is -0.610. The molecule has 0 spiro atoms. The quantitative estimate of drug-likeness (QED) is 0.707. The molecule has 2 aliphatic rings. The Morgan fingerprint density at radius 3 is 2.50 bits per heavy atom. The smallest absolute Gasteiger partial charge is 0.223 e. The van der Waals surface area contributed by atoms with Gasteiger partial charge in [-0.25, -0.2) is 0 Å². The Kier molecular flexibility index (Phi) is 5.01. The van der Waals surface area contributed by atoms with Gasteiger partial charge in [0.05, 0.1) is 12.1 Å². The first-order valence-electron chi connectivity index (χ1n) is 7.41. The zero-order valence-corrected chi connectivity index (χ0v) is 11.1. The Morgan fingerprint density at radius 2 is 1.78 bits per heavy atom. The Balaban J connectivity index is 1.89. The molecule has 0 heterocycles. The van der Waals surface area contributed by atoms with Crippen LogP contribution in [0.25, 0.3) is 0 Å². The van der Waals surface area contributed by atoms with Gasteiger partial charge < -0.3 is 16.2 Å². The summed E-state index contributed by atoms with van der Waals surface area (Å²) < 4.78 is 0. The zero-order chi connectivity index (χ0) is 13.0. The van der Waals surface area contributed by atoms with Crippen LogP contribution in [0.5, 0.6) is 0 Å². The van der Waals surface area contributed by atoms with Crippen LogP contribution in [0.15, 0.2) is 0 Å². The van der Waals surface area contributed by atoms with Gasteiger partial charge in [-0.3, -0.25) is 4.79 Å². The van der Waals surface area contributed by atoms with Crippen molar-refractivity contribution in [3.63, 3.8) is 0 Å². The van der Waals surface area contributed by atoms with Crippen LogP contribution in [-0.2, 0) is 4.79 Å². The van der Waals surface area contributed by atoms with E-state index in [4.69, 9.17) is 5.73 Å². The summed E-state index contributed by atoms with van der Waals surface area (Å²) in [5, 5.41) is 13.0. The third-order valence-corrected chi connectivity index (χ3v) is 4.61. The van der Waals surface area contributed by atoms with Gasteiger partial charge in [-0.2, -0.15) is 0 Å². The summed E-state index contributed by atoms with van der Waals surface area (Å²) >= 11 is 0. The van der Waals surface area contributed by atoms with E-state index in [1.54, 1.807) is 0 Å². The number of nitrogens with two attached hydrogens (primary N) is 1. The molecule has 104 valence electrons. The number of hydrogen-bond acceptors (Lipinski definition) is 3. The van der Waals surface area contributed by atoms with E-state index in [-0.39, 0.29) is 24.0 Å². The van der Waals surface area contributed by atoms with Gasteiger partial charge in [-0.05, 0) is 38.1 Å². The summed E-state index contributed by atoms with van der Waals surface area (Å²) in [6, 6.07) is -0.0356. The lowest BCUT2D eigenvalue weighted by Gasteiger charge is -2.33. The van der Waals surface area contributed by atoms with Crippen molar-refractivity contribution in [3.8, 4) is 0 Å². The molecular formula is C14H26N2O2. The number of amides is 1. The number of aliphatic hydroxyl groups excluding tert-OH is 1. The van der Waals surface area contributed by atoms with Crippen molar-refractivity contribution in [3.05, 3.63) is 0 Å². The largest absolute Gasteiger partial charge is 0.391 e. The molecule has 0 aromatic rings. The van der Waals surface area contributed by atoms with Crippen LogP contribution in [0.1, 0.15) is 51.4 Å². The van der Waals surface area contributed by atoms with E-state index in [0.717, 1.165) is 44.9 Å². The van der Waals surface area contributed by atoms with Gasteiger partial charge in [0.2, 0.25) is 5.91 Å². The lowest BCUT2D eigenvalue weighted by atomic mass is 9.78. The highest BCUT2D eigenvalue weighted by Crippen LogP contribution is 2.30. The number of aliphatic hydroxyl groups is 1. The molecule has 0 aliphatic heterocycles. The van der Waals surface area contributed by atoms with Gasteiger partial charge in [0.25, 0.3) is 0 Å². The van der Waals surface area contributed by atoms with Crippen molar-refractivity contribution in [2.24, 2.45) is 17.6 Å². The molecule has 0 aromatic carbocycles. The van der Waals surface area contributed by atoms with Crippen LogP contribution in [0.4, 0.5) is 0 Å². The Bertz CT molecular complexity index is 283. The van der Waals surface area contributed by atoms with Crippen molar-refractivity contribution in [1.29, 1.82) is 0 Å². The Labute approximate surface area is 109 Å². The van der Waals surface area contributed by atoms with Crippen LogP contribution in [0.2, 0.25) is 0 Å². The highest BCUT2D eigenvalue weighted by Gasteiger charge is 2.32. The number of rotatable bonds is 3. The lowest BCUT2D eigenvalue weighted by Crippen LogP contribution is -2.49. The molecule has 2 saturated carbocycles. The van der Waals surface area contributed by atoms with Crippen LogP contribution >= 0.6 is 0 Å². The van der Waals surface area contributed by atoms with Gasteiger partial charge in [-0.1, -0.05) is 25.7 Å². The first kappa shape index (κ1) is 13.8. The van der Waals surface area contributed by atoms with E-state index in [2.05, 4.69) is 5.32 Å². The van der Waals surface area contributed by atoms with Gasteiger partial charge in [0, 0.05) is 5.92 Å². The molecule has 0 radical (unpaired) electrons. The minimum atomic E-state index is -0.359. The first-order chi connectivity index (χ1) is 8.72. The molecule has 0 bridgehead atoms. The summed E-state index contributed by atoms with van der Waals surface area (Å²) in [6.45, 7) is 0.602. The molecule has 4 N–H and O–H groups in total. The molecule has 4 atom stereocenters. The average Bonchev–Trinajstić information content (AvgIpc) is 2.41. The fourth-order valence-corrected chi connectivity index (χ4v) is 3.40. The minimum absolute atomic E-state index is 0.0356. The molecule has 2 aliphatic carbocycles. The summed E-state index contributed by atoms with van der Waals surface area (Å²) in [6.07, 6.45) is 7.89. The highest BCUT2D eigenvalue weighted by molar-refractivity contribution is 5.79. The standard InChI is InChI=1S/C14H26N2O2/c15-9-10-5-1-2-6-11(10)14(18)16-12-7-3-4-8-13(12)17/h10-13,17H,1-9,15H2,(H,16,18)/t10?,11?,12-,13-/m1/s1. The average molecular weight is 254 g/mol. The molecule has 0 saturated heterocycles. The van der Waals surface area contributed by atoms with Crippen molar-refractivity contribution >= 4 is 5.91 Å². The van der Waals surface area contributed by atoms with E-state index >= 15 is 0 Å². The highest BCUT2D eigenvalue weighted by atomic mass is 16.3. The fourth-order valence-electron chi connectivity index (χ4n) is 3.40. The zero-order valence-electron chi connectivity index (χ0n) is 11.1.